The van der Waals surface area contributed by atoms with E-state index in [1.165, 1.54) is 9.13 Å². The van der Waals surface area contributed by atoms with E-state index >= 15 is 0 Å². The third kappa shape index (κ3) is 4.93. The van der Waals surface area contributed by atoms with E-state index in [1.54, 1.807) is 82.7 Å². The Labute approximate surface area is 217 Å². The number of halogens is 2. The summed E-state index contributed by atoms with van der Waals surface area (Å²) in [4.78, 5) is 34.9. The van der Waals surface area contributed by atoms with Gasteiger partial charge in [-0.1, -0.05) is 23.2 Å². The summed E-state index contributed by atoms with van der Waals surface area (Å²) in [5, 5.41) is 10.7. The lowest BCUT2D eigenvalue weighted by atomic mass is 10.0. The summed E-state index contributed by atoms with van der Waals surface area (Å²) >= 11 is 12.6. The normalized spacial score (nSPS) is 11.5. The zero-order valence-electron chi connectivity index (χ0n) is 20.1. The van der Waals surface area contributed by atoms with Gasteiger partial charge in [-0.05, 0) is 57.5 Å². The average Bonchev–Trinajstić information content (AvgIpc) is 2.82. The van der Waals surface area contributed by atoms with Crippen molar-refractivity contribution in [1.82, 2.24) is 19.1 Å². The van der Waals surface area contributed by atoms with Gasteiger partial charge in [0.2, 0.25) is 0 Å². The minimum atomic E-state index is -1.33. The van der Waals surface area contributed by atoms with Crippen molar-refractivity contribution in [3.05, 3.63) is 108 Å². The molecule has 0 aliphatic carbocycles. The molecule has 0 amide bonds. The standard InChI is InChI=1S/C26H24Cl2N4O4/c1-15-13-30-22(31-10-6-7-17(24(31)33)26(3,4)35)12-20(15)32-16(2)11-21(23(28)25(32)34)36-14-19-18(27)8-5-9-29-19/h5-13,35H,14H2,1-4H3. The largest absolute Gasteiger partial charge is 0.485 e. The summed E-state index contributed by atoms with van der Waals surface area (Å²) in [5.41, 5.74) is 0.270. The van der Waals surface area contributed by atoms with Gasteiger partial charge in [0, 0.05) is 42.0 Å². The Morgan fingerprint density at radius 2 is 1.81 bits per heavy atom. The van der Waals surface area contributed by atoms with Crippen LogP contribution in [-0.2, 0) is 12.2 Å². The fourth-order valence-electron chi connectivity index (χ4n) is 3.77. The highest BCUT2D eigenvalue weighted by Gasteiger charge is 2.22. The molecule has 8 nitrogen and oxygen atoms in total. The first-order valence-corrected chi connectivity index (χ1v) is 11.8. The van der Waals surface area contributed by atoms with E-state index in [0.29, 0.717) is 33.5 Å². The molecule has 0 aliphatic heterocycles. The molecule has 0 bridgehead atoms. The van der Waals surface area contributed by atoms with Gasteiger partial charge in [0.05, 0.1) is 22.0 Å². The quantitative estimate of drug-likeness (QED) is 0.396. The number of pyridine rings is 4. The second-order valence-electron chi connectivity index (χ2n) is 8.81. The van der Waals surface area contributed by atoms with Gasteiger partial charge < -0.3 is 9.84 Å². The van der Waals surface area contributed by atoms with Crippen molar-refractivity contribution in [2.45, 2.75) is 39.9 Å². The fourth-order valence-corrected chi connectivity index (χ4v) is 4.14. The third-order valence-corrected chi connectivity index (χ3v) is 6.35. The summed E-state index contributed by atoms with van der Waals surface area (Å²) in [7, 11) is 0. The molecule has 0 atom stereocenters. The van der Waals surface area contributed by atoms with Gasteiger partial charge in [0.15, 0.2) is 0 Å². The van der Waals surface area contributed by atoms with Crippen LogP contribution >= 0.6 is 23.2 Å². The predicted octanol–water partition coefficient (Wildman–Crippen LogP) is 4.51. The van der Waals surface area contributed by atoms with Crippen molar-refractivity contribution >= 4 is 23.2 Å². The third-order valence-electron chi connectivity index (χ3n) is 5.65. The molecule has 0 saturated carbocycles. The Balaban J connectivity index is 1.77. The molecular weight excluding hydrogens is 503 g/mol. The Bertz CT molecular complexity index is 1570. The van der Waals surface area contributed by atoms with Crippen molar-refractivity contribution < 1.29 is 9.84 Å². The van der Waals surface area contributed by atoms with Crippen LogP contribution in [0.3, 0.4) is 0 Å². The van der Waals surface area contributed by atoms with Gasteiger partial charge in [-0.2, -0.15) is 0 Å². The Kier molecular flexibility index (Phi) is 7.04. The van der Waals surface area contributed by atoms with Crippen molar-refractivity contribution in [2.75, 3.05) is 0 Å². The van der Waals surface area contributed by atoms with Crippen LogP contribution in [0, 0.1) is 13.8 Å². The van der Waals surface area contributed by atoms with Gasteiger partial charge >= 0.3 is 0 Å². The Hall–Kier alpha value is -3.46. The van der Waals surface area contributed by atoms with Crippen LogP contribution in [0.2, 0.25) is 10.0 Å². The van der Waals surface area contributed by atoms with Gasteiger partial charge in [-0.3, -0.25) is 23.7 Å². The number of hydrogen-bond acceptors (Lipinski definition) is 6. The minimum Gasteiger partial charge on any atom is -0.485 e. The molecule has 4 aromatic heterocycles. The molecule has 10 heteroatoms. The molecule has 4 heterocycles. The molecule has 0 unspecified atom stereocenters. The van der Waals surface area contributed by atoms with Crippen molar-refractivity contribution in [2.24, 2.45) is 0 Å². The number of nitrogens with zero attached hydrogens (tertiary/aromatic N) is 4. The topological polar surface area (TPSA) is 99.2 Å². The maximum absolute atomic E-state index is 13.3. The fraction of sp³-hybridized carbons (Fsp3) is 0.231. The van der Waals surface area contributed by atoms with Crippen LogP contribution in [0.15, 0.2) is 64.6 Å². The van der Waals surface area contributed by atoms with Crippen LogP contribution in [0.1, 0.15) is 36.4 Å². The lowest BCUT2D eigenvalue weighted by Crippen LogP contribution is -2.31. The highest BCUT2D eigenvalue weighted by molar-refractivity contribution is 6.32. The van der Waals surface area contributed by atoms with Gasteiger partial charge in [0.25, 0.3) is 11.1 Å². The van der Waals surface area contributed by atoms with E-state index in [2.05, 4.69) is 9.97 Å². The summed E-state index contributed by atoms with van der Waals surface area (Å²) < 4.78 is 8.53. The molecule has 0 aromatic carbocycles. The number of hydrogen-bond donors (Lipinski definition) is 1. The number of aromatic nitrogens is 4. The maximum Gasteiger partial charge on any atom is 0.277 e. The molecule has 36 heavy (non-hydrogen) atoms. The van der Waals surface area contributed by atoms with Gasteiger partial charge in [-0.15, -0.1) is 0 Å². The second-order valence-corrected chi connectivity index (χ2v) is 9.60. The second kappa shape index (κ2) is 9.89. The van der Waals surface area contributed by atoms with Gasteiger partial charge in [-0.25, -0.2) is 4.98 Å². The monoisotopic (exact) mass is 526 g/mol. The first-order valence-electron chi connectivity index (χ1n) is 11.1. The average molecular weight is 527 g/mol. The lowest BCUT2D eigenvalue weighted by molar-refractivity contribution is 0.0768. The van der Waals surface area contributed by atoms with Crippen LogP contribution < -0.4 is 15.9 Å². The number of rotatable bonds is 6. The van der Waals surface area contributed by atoms with E-state index in [-0.39, 0.29) is 22.9 Å². The van der Waals surface area contributed by atoms with Crippen LogP contribution in [0.5, 0.6) is 5.75 Å². The van der Waals surface area contributed by atoms with E-state index in [9.17, 15) is 14.7 Å². The highest BCUT2D eigenvalue weighted by Crippen LogP contribution is 2.26. The van der Waals surface area contributed by atoms with Crippen molar-refractivity contribution in [3.8, 4) is 17.3 Å². The molecule has 0 aliphatic rings. The van der Waals surface area contributed by atoms with E-state index in [0.717, 1.165) is 0 Å². The number of aliphatic hydroxyl groups is 1. The molecule has 186 valence electrons. The summed E-state index contributed by atoms with van der Waals surface area (Å²) in [6, 6.07) is 9.92. The first-order chi connectivity index (χ1) is 17.0. The summed E-state index contributed by atoms with van der Waals surface area (Å²) in [5.74, 6) is 0.498. The van der Waals surface area contributed by atoms with Crippen molar-refractivity contribution in [1.29, 1.82) is 0 Å². The summed E-state index contributed by atoms with van der Waals surface area (Å²) in [6.45, 7) is 6.67. The SMILES string of the molecule is Cc1cnc(-n2cccc(C(C)(C)O)c2=O)cc1-n1c(C)cc(OCc2ncccc2Cl)c(Cl)c1=O. The Morgan fingerprint density at radius 3 is 2.50 bits per heavy atom. The van der Waals surface area contributed by atoms with E-state index < -0.39 is 16.7 Å². The highest BCUT2D eigenvalue weighted by atomic mass is 35.5. The molecule has 0 radical (unpaired) electrons. The zero-order chi connectivity index (χ0) is 26.2. The van der Waals surface area contributed by atoms with Gasteiger partial charge in [0.1, 0.15) is 23.2 Å². The van der Waals surface area contributed by atoms with Crippen LogP contribution in [0.4, 0.5) is 0 Å². The van der Waals surface area contributed by atoms with Crippen LogP contribution in [-0.4, -0.2) is 24.2 Å². The lowest BCUT2D eigenvalue weighted by Gasteiger charge is -2.19. The van der Waals surface area contributed by atoms with Crippen LogP contribution in [0.25, 0.3) is 11.5 Å². The summed E-state index contributed by atoms with van der Waals surface area (Å²) in [6.07, 6.45) is 4.73. The molecule has 1 N–H and O–H groups in total. The minimum absolute atomic E-state index is 0.0428. The molecule has 4 aromatic rings. The molecule has 4 rings (SSSR count). The van der Waals surface area contributed by atoms with Crippen molar-refractivity contribution in [3.63, 3.8) is 0 Å². The zero-order valence-corrected chi connectivity index (χ0v) is 21.6. The Morgan fingerprint density at radius 1 is 1.06 bits per heavy atom. The molecule has 0 spiro atoms. The number of aryl methyl sites for hydroxylation is 2. The predicted molar refractivity (Wildman–Crippen MR) is 139 cm³/mol. The smallest absolute Gasteiger partial charge is 0.277 e. The maximum atomic E-state index is 13.3. The molecular formula is C26H24Cl2N4O4. The van der Waals surface area contributed by atoms with E-state index in [1.807, 2.05) is 0 Å². The molecule has 0 fully saturated rings. The van der Waals surface area contributed by atoms with E-state index in [4.69, 9.17) is 27.9 Å². The number of ether oxygens (including phenoxy) is 1. The molecule has 0 saturated heterocycles. The first kappa shape index (κ1) is 25.6.